The maximum absolute atomic E-state index is 10.0. The quantitative estimate of drug-likeness (QED) is 0.605. The summed E-state index contributed by atoms with van der Waals surface area (Å²) in [6.07, 6.45) is 1.38. The van der Waals surface area contributed by atoms with Crippen LogP contribution in [0.5, 0.6) is 0 Å². The van der Waals surface area contributed by atoms with Crippen LogP contribution in [-0.2, 0) is 0 Å². The molecule has 1 heterocycles. The SMILES string of the molecule is O=C([O-])c1cc(Cl)c[nH]1. The summed E-state index contributed by atoms with van der Waals surface area (Å²) in [5.74, 6) is -1.25. The number of aromatic nitrogens is 1. The van der Waals surface area contributed by atoms with Crippen molar-refractivity contribution < 1.29 is 9.90 Å². The molecule has 0 saturated heterocycles. The fourth-order valence-electron chi connectivity index (χ4n) is 0.486. The van der Waals surface area contributed by atoms with E-state index in [0.29, 0.717) is 5.02 Å². The van der Waals surface area contributed by atoms with Crippen molar-refractivity contribution in [3.8, 4) is 0 Å². The van der Waals surface area contributed by atoms with E-state index in [4.69, 9.17) is 11.6 Å². The number of carbonyl (C=O) groups is 1. The molecule has 1 rings (SSSR count). The Kier molecular flexibility index (Phi) is 1.44. The first-order valence-electron chi connectivity index (χ1n) is 2.25. The van der Waals surface area contributed by atoms with E-state index in [-0.39, 0.29) is 5.69 Å². The first-order chi connectivity index (χ1) is 4.20. The highest BCUT2D eigenvalue weighted by atomic mass is 35.5. The van der Waals surface area contributed by atoms with Crippen molar-refractivity contribution in [3.63, 3.8) is 0 Å². The number of aromatic carboxylic acids is 1. The summed E-state index contributed by atoms with van der Waals surface area (Å²) in [7, 11) is 0. The summed E-state index contributed by atoms with van der Waals surface area (Å²) >= 11 is 5.38. The van der Waals surface area contributed by atoms with Gasteiger partial charge in [-0.15, -0.1) is 0 Å². The van der Waals surface area contributed by atoms with Crippen molar-refractivity contribution in [1.82, 2.24) is 4.98 Å². The van der Waals surface area contributed by atoms with E-state index in [1.807, 2.05) is 0 Å². The molecule has 0 aliphatic carbocycles. The summed E-state index contributed by atoms with van der Waals surface area (Å²) in [6, 6.07) is 1.29. The van der Waals surface area contributed by atoms with Crippen LogP contribution in [0.3, 0.4) is 0 Å². The average Bonchev–Trinajstić information content (AvgIpc) is 2.14. The minimum atomic E-state index is -1.25. The summed E-state index contributed by atoms with van der Waals surface area (Å²) in [5, 5.41) is 10.4. The van der Waals surface area contributed by atoms with Gasteiger partial charge in [0.05, 0.1) is 16.7 Å². The maximum Gasteiger partial charge on any atom is 0.0878 e. The molecule has 1 aromatic rings. The predicted molar refractivity (Wildman–Crippen MR) is 30.1 cm³/mol. The third-order valence-electron chi connectivity index (χ3n) is 0.868. The van der Waals surface area contributed by atoms with Gasteiger partial charge in [-0.1, -0.05) is 11.6 Å². The highest BCUT2D eigenvalue weighted by molar-refractivity contribution is 6.30. The zero-order valence-corrected chi connectivity index (χ0v) is 5.11. The number of H-pyrrole nitrogens is 1. The first kappa shape index (κ1) is 6.16. The number of nitrogens with one attached hydrogen (secondary N) is 1. The summed E-state index contributed by atoms with van der Waals surface area (Å²) in [4.78, 5) is 12.4. The minimum absolute atomic E-state index is 0.000000000000000444. The summed E-state index contributed by atoms with van der Waals surface area (Å²) in [5.41, 5.74) is 0.000000000000000444. The number of aromatic amines is 1. The van der Waals surface area contributed by atoms with Gasteiger partial charge in [0, 0.05) is 6.20 Å². The lowest BCUT2D eigenvalue weighted by molar-refractivity contribution is -0.255. The van der Waals surface area contributed by atoms with Crippen LogP contribution in [0.25, 0.3) is 0 Å². The topological polar surface area (TPSA) is 55.9 Å². The molecule has 1 N–H and O–H groups in total. The van der Waals surface area contributed by atoms with Gasteiger partial charge in [-0.05, 0) is 6.07 Å². The summed E-state index contributed by atoms with van der Waals surface area (Å²) < 4.78 is 0. The second kappa shape index (κ2) is 2.11. The normalized spacial score (nSPS) is 9.44. The number of carbonyl (C=O) groups excluding carboxylic acids is 1. The van der Waals surface area contributed by atoms with Gasteiger partial charge >= 0.3 is 0 Å². The zero-order chi connectivity index (χ0) is 6.85. The van der Waals surface area contributed by atoms with Crippen LogP contribution in [0.1, 0.15) is 10.5 Å². The minimum Gasteiger partial charge on any atom is -0.543 e. The van der Waals surface area contributed by atoms with Crippen LogP contribution in [-0.4, -0.2) is 11.0 Å². The Labute approximate surface area is 56.3 Å². The van der Waals surface area contributed by atoms with Crippen LogP contribution in [0.2, 0.25) is 5.02 Å². The van der Waals surface area contributed by atoms with Crippen molar-refractivity contribution in [3.05, 3.63) is 23.0 Å². The van der Waals surface area contributed by atoms with Crippen LogP contribution in [0.4, 0.5) is 0 Å². The standard InChI is InChI=1S/C5H4ClNO2/c6-3-1-4(5(8)9)7-2-3/h1-2,7H,(H,8,9)/p-1. The van der Waals surface area contributed by atoms with Gasteiger partial charge in [-0.25, -0.2) is 0 Å². The molecule has 0 aromatic carbocycles. The molecule has 0 fully saturated rings. The number of carboxylic acids is 1. The van der Waals surface area contributed by atoms with Crippen LogP contribution < -0.4 is 5.11 Å². The highest BCUT2D eigenvalue weighted by Gasteiger charge is 1.94. The molecular weight excluding hydrogens is 142 g/mol. The van der Waals surface area contributed by atoms with E-state index in [0.717, 1.165) is 0 Å². The summed E-state index contributed by atoms with van der Waals surface area (Å²) in [6.45, 7) is 0. The lowest BCUT2D eigenvalue weighted by Crippen LogP contribution is -2.22. The van der Waals surface area contributed by atoms with Gasteiger partial charge in [0.25, 0.3) is 0 Å². The van der Waals surface area contributed by atoms with E-state index in [9.17, 15) is 9.90 Å². The van der Waals surface area contributed by atoms with E-state index < -0.39 is 5.97 Å². The average molecular weight is 145 g/mol. The van der Waals surface area contributed by atoms with Gasteiger partial charge in [0.15, 0.2) is 0 Å². The lowest BCUT2D eigenvalue weighted by Gasteiger charge is -1.93. The second-order valence-electron chi connectivity index (χ2n) is 1.52. The van der Waals surface area contributed by atoms with E-state index in [1.54, 1.807) is 0 Å². The smallest absolute Gasteiger partial charge is 0.0878 e. The Morgan fingerprint density at radius 3 is 2.67 bits per heavy atom. The van der Waals surface area contributed by atoms with Crippen molar-refractivity contribution in [1.29, 1.82) is 0 Å². The largest absolute Gasteiger partial charge is 0.543 e. The lowest BCUT2D eigenvalue weighted by atomic mass is 10.4. The van der Waals surface area contributed by atoms with Gasteiger partial charge in [0.2, 0.25) is 0 Å². The van der Waals surface area contributed by atoms with Gasteiger partial charge < -0.3 is 14.9 Å². The molecule has 0 spiro atoms. The van der Waals surface area contributed by atoms with Gasteiger partial charge in [-0.2, -0.15) is 0 Å². The molecule has 1 aromatic heterocycles. The number of rotatable bonds is 1. The fourth-order valence-corrected chi connectivity index (χ4v) is 0.649. The Balaban J connectivity index is 2.98. The molecule has 4 heteroatoms. The molecule has 0 saturated carbocycles. The molecule has 9 heavy (non-hydrogen) atoms. The van der Waals surface area contributed by atoms with E-state index in [2.05, 4.69) is 4.98 Å². The molecule has 3 nitrogen and oxygen atoms in total. The Morgan fingerprint density at radius 1 is 1.78 bits per heavy atom. The highest BCUT2D eigenvalue weighted by Crippen LogP contribution is 2.07. The predicted octanol–water partition coefficient (Wildman–Crippen LogP) is 0.0316. The van der Waals surface area contributed by atoms with Crippen molar-refractivity contribution >= 4 is 17.6 Å². The van der Waals surface area contributed by atoms with Crippen LogP contribution >= 0.6 is 11.6 Å². The molecule has 0 bridgehead atoms. The Bertz CT molecular complexity index is 231. The van der Waals surface area contributed by atoms with Crippen molar-refractivity contribution in [2.75, 3.05) is 0 Å². The Morgan fingerprint density at radius 2 is 2.44 bits per heavy atom. The Hall–Kier alpha value is -0.960. The second-order valence-corrected chi connectivity index (χ2v) is 1.96. The van der Waals surface area contributed by atoms with Gasteiger partial charge in [-0.3, -0.25) is 0 Å². The number of halogens is 1. The van der Waals surface area contributed by atoms with Crippen LogP contribution in [0.15, 0.2) is 12.3 Å². The third kappa shape index (κ3) is 1.23. The molecule has 0 amide bonds. The monoisotopic (exact) mass is 144 g/mol. The molecule has 0 aliphatic heterocycles. The third-order valence-corrected chi connectivity index (χ3v) is 1.09. The maximum atomic E-state index is 10.0. The zero-order valence-electron chi connectivity index (χ0n) is 4.35. The van der Waals surface area contributed by atoms with E-state index >= 15 is 0 Å². The first-order valence-corrected chi connectivity index (χ1v) is 2.63. The molecule has 0 radical (unpaired) electrons. The van der Waals surface area contributed by atoms with Crippen molar-refractivity contribution in [2.24, 2.45) is 0 Å². The van der Waals surface area contributed by atoms with Crippen LogP contribution in [0, 0.1) is 0 Å². The fraction of sp³-hybridized carbons (Fsp3) is 0. The molecule has 0 aliphatic rings. The van der Waals surface area contributed by atoms with Crippen molar-refractivity contribution in [2.45, 2.75) is 0 Å². The van der Waals surface area contributed by atoms with E-state index in [1.165, 1.54) is 12.3 Å². The molecule has 0 unspecified atom stereocenters. The number of carboxylic acid groups (broad SMARTS) is 1. The number of hydrogen-bond acceptors (Lipinski definition) is 2. The molecule has 48 valence electrons. The molecular formula is C5H3ClNO2-. The number of hydrogen-bond donors (Lipinski definition) is 1. The molecule has 0 atom stereocenters. The van der Waals surface area contributed by atoms with Gasteiger partial charge in [0.1, 0.15) is 0 Å².